The van der Waals surface area contributed by atoms with Gasteiger partial charge in [0.1, 0.15) is 23.6 Å². The van der Waals surface area contributed by atoms with Gasteiger partial charge in [-0.15, -0.1) is 0 Å². The molecule has 1 aliphatic heterocycles. The minimum Gasteiger partial charge on any atom is -0.444 e. The summed E-state index contributed by atoms with van der Waals surface area (Å²) in [7, 11) is -3.90. The van der Waals surface area contributed by atoms with E-state index in [9.17, 15) is 32.4 Å². The lowest BCUT2D eigenvalue weighted by Gasteiger charge is -2.38. The van der Waals surface area contributed by atoms with E-state index in [-0.39, 0.29) is 34.5 Å². The molecule has 0 spiro atoms. The molecule has 0 radical (unpaired) electrons. The molecule has 4 amide bonds. The van der Waals surface area contributed by atoms with E-state index in [1.807, 2.05) is 41.5 Å². The lowest BCUT2D eigenvalue weighted by molar-refractivity contribution is -0.145. The SMILES string of the molecule is Cc1ccc(S(=O)(=O)CNC(=O)C(=O)C(CC2CC2)NC(=O)[C@@H]2C3[C@H](CN2C(=O)[C@@H](NC(=O)OC(C)(C)C)C(C)(C)C)C3(C)C)cc1. The molecule has 1 aromatic carbocycles. The van der Waals surface area contributed by atoms with Gasteiger partial charge in [-0.3, -0.25) is 19.2 Å². The molecule has 4 rings (SSSR count). The fourth-order valence-electron chi connectivity index (χ4n) is 6.46. The molecule has 2 aliphatic carbocycles. The number of nitrogens with zero attached hydrogens (tertiary/aromatic N) is 1. The van der Waals surface area contributed by atoms with Crippen LogP contribution in [0.3, 0.4) is 0 Å². The number of ether oxygens (including phenoxy) is 1. The Kier molecular flexibility index (Phi) is 9.94. The van der Waals surface area contributed by atoms with Crippen LogP contribution in [0.1, 0.15) is 80.2 Å². The number of carbonyl (C=O) groups excluding carboxylic acids is 5. The smallest absolute Gasteiger partial charge is 0.408 e. The Morgan fingerprint density at radius 3 is 2.11 bits per heavy atom. The quantitative estimate of drug-likeness (QED) is 0.301. The Hall–Kier alpha value is -3.48. The number of carbonyl (C=O) groups is 5. The van der Waals surface area contributed by atoms with Crippen LogP contribution in [0, 0.1) is 35.5 Å². The molecule has 3 fully saturated rings. The van der Waals surface area contributed by atoms with E-state index in [1.165, 1.54) is 17.0 Å². The first kappa shape index (κ1) is 36.4. The summed E-state index contributed by atoms with van der Waals surface area (Å²) in [4.78, 5) is 68.8. The number of hydrogen-bond donors (Lipinski definition) is 3. The third-order valence-electron chi connectivity index (χ3n) is 9.46. The van der Waals surface area contributed by atoms with Crippen molar-refractivity contribution in [2.24, 2.45) is 28.6 Å². The Bertz CT molecular complexity index is 1520. The number of sulfone groups is 1. The van der Waals surface area contributed by atoms with Gasteiger partial charge in [0.15, 0.2) is 9.84 Å². The highest BCUT2D eigenvalue weighted by Gasteiger charge is 2.70. The van der Waals surface area contributed by atoms with E-state index >= 15 is 0 Å². The molecule has 5 atom stereocenters. The number of benzene rings is 1. The van der Waals surface area contributed by atoms with Crippen LogP contribution in [0.4, 0.5) is 4.79 Å². The molecule has 47 heavy (non-hydrogen) atoms. The summed E-state index contributed by atoms with van der Waals surface area (Å²) in [5, 5.41) is 7.71. The van der Waals surface area contributed by atoms with Crippen molar-refractivity contribution in [1.29, 1.82) is 0 Å². The summed E-state index contributed by atoms with van der Waals surface area (Å²) in [5.41, 5.74) is -0.860. The Morgan fingerprint density at radius 1 is 0.979 bits per heavy atom. The van der Waals surface area contributed by atoms with Crippen molar-refractivity contribution < 1.29 is 37.1 Å². The largest absolute Gasteiger partial charge is 0.444 e. The number of likely N-dealkylation sites (tertiary alicyclic amines) is 1. The van der Waals surface area contributed by atoms with E-state index < -0.39 is 74.5 Å². The fraction of sp³-hybridized carbons (Fsp3) is 0.676. The second-order valence-corrected chi connectivity index (χ2v) is 18.0. The van der Waals surface area contributed by atoms with E-state index in [2.05, 4.69) is 16.0 Å². The third-order valence-corrected chi connectivity index (χ3v) is 11.0. The summed E-state index contributed by atoms with van der Waals surface area (Å²) in [6.45, 7) is 16.8. The van der Waals surface area contributed by atoms with Crippen LogP contribution >= 0.6 is 0 Å². The summed E-state index contributed by atoms with van der Waals surface area (Å²) in [6.07, 6.45) is 1.17. The summed E-state index contributed by atoms with van der Waals surface area (Å²) in [6, 6.07) is 3.04. The normalized spacial score (nSPS) is 23.2. The standard InChI is InChI=1S/C34H50N4O8S/c1-19-10-14-21(15-11-19)47(44,45)18-35-29(41)26(39)23(16-20-12-13-20)36-28(40)25-24-22(34(24,8)9)17-38(25)30(42)27(32(2,3)4)37-31(43)46-33(5,6)7/h10-11,14-15,20,22-25,27H,12-13,16-18H2,1-9H3,(H,35,41)(H,36,40)(H,37,43)/t22-,23?,24?,25-,27+/m0/s1. The lowest BCUT2D eigenvalue weighted by Crippen LogP contribution is -2.60. The maximum Gasteiger partial charge on any atom is 0.408 e. The van der Waals surface area contributed by atoms with Gasteiger partial charge in [0.2, 0.25) is 17.6 Å². The fourth-order valence-corrected chi connectivity index (χ4v) is 7.50. The molecule has 12 nitrogen and oxygen atoms in total. The molecule has 13 heteroatoms. The molecular weight excluding hydrogens is 624 g/mol. The molecule has 0 bridgehead atoms. The van der Waals surface area contributed by atoms with Crippen molar-refractivity contribution >= 4 is 39.4 Å². The molecular formula is C34H50N4O8S. The van der Waals surface area contributed by atoms with Crippen molar-refractivity contribution in [3.8, 4) is 0 Å². The average Bonchev–Trinajstić information content (AvgIpc) is 3.79. The number of fused-ring (bicyclic) bond motifs is 1. The molecule has 2 unspecified atom stereocenters. The van der Waals surface area contributed by atoms with Crippen LogP contribution in [0.25, 0.3) is 0 Å². The number of hydrogen-bond acceptors (Lipinski definition) is 8. The molecule has 2 saturated carbocycles. The minimum absolute atomic E-state index is 0.0148. The van der Waals surface area contributed by atoms with Crippen LogP contribution in [-0.2, 0) is 33.8 Å². The van der Waals surface area contributed by atoms with Crippen LogP contribution < -0.4 is 16.0 Å². The van der Waals surface area contributed by atoms with Crippen molar-refractivity contribution in [3.05, 3.63) is 29.8 Å². The summed E-state index contributed by atoms with van der Waals surface area (Å²) in [5.74, 6) is -3.81. The molecule has 0 aromatic heterocycles. The zero-order valence-corrected chi connectivity index (χ0v) is 29.7. The van der Waals surface area contributed by atoms with Crippen LogP contribution in [-0.4, -0.2) is 79.1 Å². The summed E-state index contributed by atoms with van der Waals surface area (Å²) < 4.78 is 31.0. The average molecular weight is 675 g/mol. The topological polar surface area (TPSA) is 168 Å². The molecule has 3 aliphatic rings. The van der Waals surface area contributed by atoms with Crippen molar-refractivity contribution in [2.75, 3.05) is 12.4 Å². The maximum absolute atomic E-state index is 14.1. The predicted octanol–water partition coefficient (Wildman–Crippen LogP) is 3.12. The van der Waals surface area contributed by atoms with E-state index in [0.717, 1.165) is 18.4 Å². The zero-order valence-electron chi connectivity index (χ0n) is 28.9. The number of alkyl carbamates (subject to hydrolysis) is 1. The molecule has 1 heterocycles. The Morgan fingerprint density at radius 2 is 1.57 bits per heavy atom. The van der Waals surface area contributed by atoms with Crippen LogP contribution in [0.5, 0.6) is 0 Å². The number of nitrogens with one attached hydrogen (secondary N) is 3. The van der Waals surface area contributed by atoms with Gasteiger partial charge in [0.05, 0.1) is 10.9 Å². The number of rotatable bonds is 11. The second-order valence-electron chi connectivity index (χ2n) is 16.0. The van der Waals surface area contributed by atoms with E-state index in [0.29, 0.717) is 6.54 Å². The van der Waals surface area contributed by atoms with Gasteiger partial charge in [-0.05, 0) is 74.8 Å². The highest BCUT2D eigenvalue weighted by molar-refractivity contribution is 7.91. The van der Waals surface area contributed by atoms with Crippen molar-refractivity contribution in [1.82, 2.24) is 20.9 Å². The molecule has 1 saturated heterocycles. The predicted molar refractivity (Wildman–Crippen MR) is 175 cm³/mol. The van der Waals surface area contributed by atoms with Gasteiger partial charge in [-0.25, -0.2) is 13.2 Å². The van der Waals surface area contributed by atoms with E-state index in [1.54, 1.807) is 32.9 Å². The van der Waals surface area contributed by atoms with Crippen LogP contribution in [0.2, 0.25) is 0 Å². The van der Waals surface area contributed by atoms with Crippen molar-refractivity contribution in [3.63, 3.8) is 0 Å². The molecule has 1 aromatic rings. The van der Waals surface area contributed by atoms with Gasteiger partial charge in [0, 0.05) is 6.54 Å². The van der Waals surface area contributed by atoms with Gasteiger partial charge >= 0.3 is 6.09 Å². The molecule has 260 valence electrons. The highest BCUT2D eigenvalue weighted by atomic mass is 32.2. The van der Waals surface area contributed by atoms with Crippen LogP contribution in [0.15, 0.2) is 29.2 Å². The number of Topliss-reactive ketones (excluding diaryl/α,β-unsaturated/α-hetero) is 1. The van der Waals surface area contributed by atoms with Crippen molar-refractivity contribution in [2.45, 2.75) is 110 Å². The van der Waals surface area contributed by atoms with Gasteiger partial charge in [-0.1, -0.05) is 65.2 Å². The first-order chi connectivity index (χ1) is 21.5. The number of piperidine rings is 1. The Balaban J connectivity index is 1.50. The monoisotopic (exact) mass is 674 g/mol. The Labute approximate surface area is 278 Å². The highest BCUT2D eigenvalue weighted by Crippen LogP contribution is 2.65. The number of amides is 4. The first-order valence-corrected chi connectivity index (χ1v) is 17.9. The lowest BCUT2D eigenvalue weighted by atomic mass is 9.85. The first-order valence-electron chi connectivity index (χ1n) is 16.2. The zero-order chi connectivity index (χ0) is 35.3. The third kappa shape index (κ3) is 8.52. The summed E-state index contributed by atoms with van der Waals surface area (Å²) >= 11 is 0. The van der Waals surface area contributed by atoms with E-state index in [4.69, 9.17) is 4.74 Å². The second kappa shape index (κ2) is 12.9. The van der Waals surface area contributed by atoms with Gasteiger partial charge < -0.3 is 25.6 Å². The number of ketones is 1. The maximum atomic E-state index is 14.1. The molecule has 3 N–H and O–H groups in total. The minimum atomic E-state index is -3.90. The van der Waals surface area contributed by atoms with Gasteiger partial charge in [-0.2, -0.15) is 0 Å². The number of aryl methyl sites for hydroxylation is 1. The van der Waals surface area contributed by atoms with Gasteiger partial charge in [0.25, 0.3) is 5.91 Å².